The molecule has 0 radical (unpaired) electrons. The number of rotatable bonds is 4. The van der Waals surface area contributed by atoms with Crippen LogP contribution in [0.1, 0.15) is 18.0 Å². The van der Waals surface area contributed by atoms with Gasteiger partial charge in [-0.25, -0.2) is 0 Å². The van der Waals surface area contributed by atoms with Crippen LogP contribution in [0, 0.1) is 0 Å². The van der Waals surface area contributed by atoms with E-state index in [4.69, 9.17) is 10.5 Å². The zero-order valence-electron chi connectivity index (χ0n) is 10.4. The van der Waals surface area contributed by atoms with Gasteiger partial charge in [0.15, 0.2) is 0 Å². The lowest BCUT2D eigenvalue weighted by Crippen LogP contribution is -2.11. The molecule has 0 bridgehead atoms. The van der Waals surface area contributed by atoms with E-state index in [1.54, 1.807) is 7.11 Å². The van der Waals surface area contributed by atoms with Crippen molar-refractivity contribution in [2.75, 3.05) is 7.11 Å². The van der Waals surface area contributed by atoms with Crippen LogP contribution < -0.4 is 10.5 Å². The van der Waals surface area contributed by atoms with Gasteiger partial charge in [-0.05, 0) is 23.3 Å². The van der Waals surface area contributed by atoms with Crippen LogP contribution in [0.15, 0.2) is 49.1 Å². The van der Waals surface area contributed by atoms with Gasteiger partial charge >= 0.3 is 0 Å². The quantitative estimate of drug-likeness (QED) is 0.851. The molecule has 3 heteroatoms. The van der Waals surface area contributed by atoms with Crippen molar-refractivity contribution < 1.29 is 4.74 Å². The van der Waals surface area contributed by atoms with Gasteiger partial charge in [0, 0.05) is 11.6 Å². The van der Waals surface area contributed by atoms with Crippen LogP contribution >= 0.6 is 12.4 Å². The van der Waals surface area contributed by atoms with Gasteiger partial charge in [-0.2, -0.15) is 0 Å². The third-order valence-corrected chi connectivity index (χ3v) is 2.94. The van der Waals surface area contributed by atoms with Crippen LogP contribution in [-0.4, -0.2) is 7.11 Å². The second-order valence-corrected chi connectivity index (χ2v) is 4.03. The number of nitrogens with two attached hydrogens (primary N) is 1. The number of ether oxygens (including phenoxy) is 1. The minimum Gasteiger partial charge on any atom is -0.496 e. The molecule has 2 aromatic carbocycles. The van der Waals surface area contributed by atoms with Crippen LogP contribution in [0.2, 0.25) is 0 Å². The van der Waals surface area contributed by atoms with E-state index >= 15 is 0 Å². The molecule has 18 heavy (non-hydrogen) atoms. The Balaban J connectivity index is 0.00000162. The molecule has 0 amide bonds. The first-order valence-corrected chi connectivity index (χ1v) is 5.70. The summed E-state index contributed by atoms with van der Waals surface area (Å²) in [4.78, 5) is 0. The maximum Gasteiger partial charge on any atom is 0.124 e. The molecule has 0 spiro atoms. The average Bonchev–Trinajstić information content (AvgIpc) is 2.37. The lowest BCUT2D eigenvalue weighted by molar-refractivity contribution is 0.407. The Morgan fingerprint density at radius 1 is 1.28 bits per heavy atom. The third-order valence-electron chi connectivity index (χ3n) is 2.94. The Labute approximate surface area is 114 Å². The van der Waals surface area contributed by atoms with E-state index in [1.165, 1.54) is 5.39 Å². The highest BCUT2D eigenvalue weighted by Gasteiger charge is 2.14. The SMILES string of the molecule is C=CC[C@H](N)c1c(OC)ccc2ccccc12.Cl. The molecule has 2 rings (SSSR count). The summed E-state index contributed by atoms with van der Waals surface area (Å²) in [6.07, 6.45) is 2.58. The second-order valence-electron chi connectivity index (χ2n) is 4.03. The molecule has 0 aliphatic heterocycles. The van der Waals surface area contributed by atoms with E-state index < -0.39 is 0 Å². The van der Waals surface area contributed by atoms with Gasteiger partial charge in [0.1, 0.15) is 5.75 Å². The summed E-state index contributed by atoms with van der Waals surface area (Å²) < 4.78 is 5.41. The van der Waals surface area contributed by atoms with E-state index in [9.17, 15) is 0 Å². The molecule has 1 atom stereocenters. The molecule has 0 unspecified atom stereocenters. The number of methoxy groups -OCH3 is 1. The summed E-state index contributed by atoms with van der Waals surface area (Å²) in [6, 6.07) is 12.2. The first-order chi connectivity index (χ1) is 8.27. The summed E-state index contributed by atoms with van der Waals surface area (Å²) in [7, 11) is 1.67. The van der Waals surface area contributed by atoms with Crippen molar-refractivity contribution in [3.63, 3.8) is 0 Å². The molecule has 96 valence electrons. The average molecular weight is 264 g/mol. The molecule has 0 aliphatic rings. The van der Waals surface area contributed by atoms with E-state index in [0.29, 0.717) is 0 Å². The predicted octanol–water partition coefficient (Wildman–Crippen LogP) is 3.85. The number of hydrogen-bond donors (Lipinski definition) is 1. The largest absolute Gasteiger partial charge is 0.496 e. The Hall–Kier alpha value is -1.51. The minimum absolute atomic E-state index is 0. The van der Waals surface area contributed by atoms with Crippen molar-refractivity contribution in [3.05, 3.63) is 54.6 Å². The Morgan fingerprint density at radius 3 is 2.67 bits per heavy atom. The lowest BCUT2D eigenvalue weighted by Gasteiger charge is -2.17. The van der Waals surface area contributed by atoms with Crippen molar-refractivity contribution in [1.82, 2.24) is 0 Å². The molecular weight excluding hydrogens is 246 g/mol. The fourth-order valence-corrected chi connectivity index (χ4v) is 2.13. The molecule has 0 heterocycles. The lowest BCUT2D eigenvalue weighted by atomic mass is 9.96. The number of halogens is 1. The van der Waals surface area contributed by atoms with Gasteiger partial charge < -0.3 is 10.5 Å². The number of fused-ring (bicyclic) bond motifs is 1. The Kier molecular flexibility index (Phi) is 5.20. The Bertz CT molecular complexity index is 539. The van der Waals surface area contributed by atoms with Crippen LogP contribution in [-0.2, 0) is 0 Å². The molecule has 2 N–H and O–H groups in total. The van der Waals surface area contributed by atoms with E-state index in [0.717, 1.165) is 23.1 Å². The van der Waals surface area contributed by atoms with Gasteiger partial charge in [-0.3, -0.25) is 0 Å². The van der Waals surface area contributed by atoms with Crippen LogP contribution in [0.4, 0.5) is 0 Å². The second kappa shape index (κ2) is 6.43. The van der Waals surface area contributed by atoms with Gasteiger partial charge in [-0.1, -0.05) is 36.4 Å². The van der Waals surface area contributed by atoms with Gasteiger partial charge in [0.05, 0.1) is 7.11 Å². The van der Waals surface area contributed by atoms with Crippen molar-refractivity contribution in [1.29, 1.82) is 0 Å². The van der Waals surface area contributed by atoms with Gasteiger partial charge in [0.2, 0.25) is 0 Å². The molecule has 0 saturated heterocycles. The van der Waals surface area contributed by atoms with Crippen molar-refractivity contribution >= 4 is 23.2 Å². The van der Waals surface area contributed by atoms with Crippen LogP contribution in [0.3, 0.4) is 0 Å². The van der Waals surface area contributed by atoms with E-state index in [2.05, 4.69) is 24.8 Å². The van der Waals surface area contributed by atoms with E-state index in [-0.39, 0.29) is 18.4 Å². The van der Waals surface area contributed by atoms with Crippen LogP contribution in [0.25, 0.3) is 10.8 Å². The van der Waals surface area contributed by atoms with Crippen molar-refractivity contribution in [2.45, 2.75) is 12.5 Å². The molecule has 2 nitrogen and oxygen atoms in total. The first-order valence-electron chi connectivity index (χ1n) is 5.70. The van der Waals surface area contributed by atoms with Crippen molar-refractivity contribution in [3.8, 4) is 5.75 Å². The zero-order chi connectivity index (χ0) is 12.3. The summed E-state index contributed by atoms with van der Waals surface area (Å²) in [6.45, 7) is 3.74. The monoisotopic (exact) mass is 263 g/mol. The normalized spacial score (nSPS) is 11.7. The molecule has 0 fully saturated rings. The van der Waals surface area contributed by atoms with E-state index in [1.807, 2.05) is 24.3 Å². The fourth-order valence-electron chi connectivity index (χ4n) is 2.13. The molecular formula is C15H18ClNO. The summed E-state index contributed by atoms with van der Waals surface area (Å²) in [5, 5.41) is 2.34. The predicted molar refractivity (Wildman–Crippen MR) is 79.5 cm³/mol. The topological polar surface area (TPSA) is 35.2 Å². The molecule has 0 saturated carbocycles. The standard InChI is InChI=1S/C15H17NO.ClH/c1-3-6-13(16)15-12-8-5-4-7-11(12)9-10-14(15)17-2;/h3-5,7-10,13H,1,6,16H2,2H3;1H/t13-;/m0./s1. The number of hydrogen-bond acceptors (Lipinski definition) is 2. The molecule has 0 aliphatic carbocycles. The minimum atomic E-state index is -0.0754. The van der Waals surface area contributed by atoms with Gasteiger partial charge in [0.25, 0.3) is 0 Å². The summed E-state index contributed by atoms with van der Waals surface area (Å²) >= 11 is 0. The zero-order valence-corrected chi connectivity index (χ0v) is 11.2. The molecule has 2 aromatic rings. The highest BCUT2D eigenvalue weighted by molar-refractivity contribution is 5.88. The fraction of sp³-hybridized carbons (Fsp3) is 0.200. The van der Waals surface area contributed by atoms with Crippen molar-refractivity contribution in [2.24, 2.45) is 5.73 Å². The van der Waals surface area contributed by atoms with Gasteiger partial charge in [-0.15, -0.1) is 19.0 Å². The molecule has 0 aromatic heterocycles. The maximum atomic E-state index is 6.20. The van der Waals surface area contributed by atoms with Crippen LogP contribution in [0.5, 0.6) is 5.75 Å². The summed E-state index contributed by atoms with van der Waals surface area (Å²) in [5.41, 5.74) is 7.26. The smallest absolute Gasteiger partial charge is 0.124 e. The highest BCUT2D eigenvalue weighted by Crippen LogP contribution is 2.33. The Morgan fingerprint density at radius 2 is 2.00 bits per heavy atom. The summed E-state index contributed by atoms with van der Waals surface area (Å²) in [5.74, 6) is 0.845. The first kappa shape index (κ1) is 14.6. The third kappa shape index (κ3) is 2.66. The number of benzene rings is 2. The maximum absolute atomic E-state index is 6.20. The highest BCUT2D eigenvalue weighted by atomic mass is 35.5.